The molecule has 0 aliphatic carbocycles. The van der Waals surface area contributed by atoms with Crippen molar-refractivity contribution in [3.8, 4) is 11.6 Å². The predicted octanol–water partition coefficient (Wildman–Crippen LogP) is 2.33. The van der Waals surface area contributed by atoms with Crippen LogP contribution in [0.25, 0.3) is 0 Å². The van der Waals surface area contributed by atoms with Crippen molar-refractivity contribution in [2.45, 2.75) is 25.4 Å². The lowest BCUT2D eigenvalue weighted by atomic mass is 9.76. The average Bonchev–Trinajstić information content (AvgIpc) is 3.10. The molecule has 0 N–H and O–H groups in total. The monoisotopic (exact) mass is 356 g/mol. The molecule has 0 radical (unpaired) electrons. The molecule has 1 unspecified atom stereocenters. The molecular formula is C19H24N4O3. The minimum absolute atomic E-state index is 0.154. The van der Waals surface area contributed by atoms with Crippen molar-refractivity contribution in [2.24, 2.45) is 5.41 Å². The van der Waals surface area contributed by atoms with Gasteiger partial charge in [0.15, 0.2) is 0 Å². The van der Waals surface area contributed by atoms with Gasteiger partial charge in [-0.3, -0.25) is 4.98 Å². The highest BCUT2D eigenvalue weighted by molar-refractivity contribution is 5.41. The second-order valence-corrected chi connectivity index (χ2v) is 7.04. The van der Waals surface area contributed by atoms with Crippen LogP contribution in [-0.2, 0) is 4.74 Å². The maximum atomic E-state index is 6.04. The van der Waals surface area contributed by atoms with Crippen molar-refractivity contribution < 1.29 is 14.2 Å². The van der Waals surface area contributed by atoms with Crippen molar-refractivity contribution >= 4 is 5.82 Å². The maximum absolute atomic E-state index is 6.04. The van der Waals surface area contributed by atoms with E-state index >= 15 is 0 Å². The minimum Gasteiger partial charge on any atom is -0.489 e. The Morgan fingerprint density at radius 2 is 2.19 bits per heavy atom. The zero-order valence-corrected chi connectivity index (χ0v) is 15.0. The fraction of sp³-hybridized carbons (Fsp3) is 0.526. The van der Waals surface area contributed by atoms with Crippen molar-refractivity contribution in [1.82, 2.24) is 15.0 Å². The number of anilines is 1. The molecule has 0 bridgehead atoms. The molecule has 2 aromatic rings. The topological polar surface area (TPSA) is 69.6 Å². The Labute approximate surface area is 153 Å². The number of hydrogen-bond donors (Lipinski definition) is 0. The van der Waals surface area contributed by atoms with Gasteiger partial charge in [-0.1, -0.05) is 0 Å². The molecule has 1 spiro atoms. The van der Waals surface area contributed by atoms with E-state index in [1.165, 1.54) is 0 Å². The number of piperidine rings is 1. The molecule has 0 saturated carbocycles. The number of pyridine rings is 1. The SMILES string of the molecule is COc1cc(N2CCC3(CC2)COC(COc2cccnc2)C3)ncn1. The van der Waals surface area contributed by atoms with Gasteiger partial charge < -0.3 is 19.1 Å². The molecule has 0 aromatic carbocycles. The Hall–Kier alpha value is -2.41. The molecule has 1 atom stereocenters. The Morgan fingerprint density at radius 1 is 1.31 bits per heavy atom. The molecule has 138 valence electrons. The quantitative estimate of drug-likeness (QED) is 0.814. The van der Waals surface area contributed by atoms with Crippen LogP contribution in [0, 0.1) is 5.41 Å². The first-order valence-corrected chi connectivity index (χ1v) is 9.02. The van der Waals surface area contributed by atoms with E-state index in [2.05, 4.69) is 19.9 Å². The van der Waals surface area contributed by atoms with Crippen molar-refractivity contribution in [3.63, 3.8) is 0 Å². The second-order valence-electron chi connectivity index (χ2n) is 7.04. The number of hydrogen-bond acceptors (Lipinski definition) is 7. The summed E-state index contributed by atoms with van der Waals surface area (Å²) in [5.74, 6) is 2.33. The summed E-state index contributed by atoms with van der Waals surface area (Å²) in [7, 11) is 1.63. The van der Waals surface area contributed by atoms with Gasteiger partial charge in [0.1, 0.15) is 24.5 Å². The van der Waals surface area contributed by atoms with Gasteiger partial charge in [0, 0.05) is 25.4 Å². The lowest BCUT2D eigenvalue weighted by Crippen LogP contribution is -2.41. The zero-order chi connectivity index (χ0) is 17.8. The van der Waals surface area contributed by atoms with Crippen LogP contribution in [0.5, 0.6) is 11.6 Å². The molecular weight excluding hydrogens is 332 g/mol. The first-order chi connectivity index (χ1) is 12.8. The number of rotatable bonds is 5. The van der Waals surface area contributed by atoms with Gasteiger partial charge in [-0.2, -0.15) is 0 Å². The summed E-state index contributed by atoms with van der Waals surface area (Å²) in [6.07, 6.45) is 8.44. The standard InChI is InChI=1S/C19H24N4O3/c1-24-18-9-17(21-14-22-18)23-7-4-19(5-8-23)10-16(26-13-19)12-25-15-3-2-6-20-11-15/h2-3,6,9,11,14,16H,4-5,7-8,10,12-13H2,1H3. The number of ether oxygens (including phenoxy) is 3. The first-order valence-electron chi connectivity index (χ1n) is 9.02. The van der Waals surface area contributed by atoms with Crippen LogP contribution < -0.4 is 14.4 Å². The smallest absolute Gasteiger partial charge is 0.218 e. The average molecular weight is 356 g/mol. The van der Waals surface area contributed by atoms with Crippen LogP contribution >= 0.6 is 0 Å². The molecule has 4 heterocycles. The highest BCUT2D eigenvalue weighted by atomic mass is 16.5. The summed E-state index contributed by atoms with van der Waals surface area (Å²) in [5.41, 5.74) is 0.260. The molecule has 4 rings (SSSR count). The van der Waals surface area contributed by atoms with E-state index in [1.807, 2.05) is 18.2 Å². The highest BCUT2D eigenvalue weighted by Gasteiger charge is 2.42. The Morgan fingerprint density at radius 3 is 2.96 bits per heavy atom. The summed E-state index contributed by atoms with van der Waals surface area (Å²) < 4.78 is 17.0. The van der Waals surface area contributed by atoms with Gasteiger partial charge in [0.2, 0.25) is 5.88 Å². The van der Waals surface area contributed by atoms with Crippen LogP contribution in [0.1, 0.15) is 19.3 Å². The van der Waals surface area contributed by atoms with Gasteiger partial charge in [-0.05, 0) is 36.8 Å². The van der Waals surface area contributed by atoms with E-state index in [0.717, 1.165) is 50.5 Å². The Balaban J connectivity index is 1.30. The highest BCUT2D eigenvalue weighted by Crippen LogP contribution is 2.42. The molecule has 0 amide bonds. The number of aromatic nitrogens is 3. The van der Waals surface area contributed by atoms with Gasteiger partial charge in [-0.15, -0.1) is 0 Å². The van der Waals surface area contributed by atoms with E-state index in [1.54, 1.807) is 25.8 Å². The van der Waals surface area contributed by atoms with Crippen molar-refractivity contribution in [3.05, 3.63) is 36.9 Å². The summed E-state index contributed by atoms with van der Waals surface area (Å²) >= 11 is 0. The molecule has 2 saturated heterocycles. The van der Waals surface area contributed by atoms with E-state index < -0.39 is 0 Å². The third kappa shape index (κ3) is 3.72. The fourth-order valence-corrected chi connectivity index (χ4v) is 3.80. The molecule has 7 nitrogen and oxygen atoms in total. The lowest BCUT2D eigenvalue weighted by Gasteiger charge is -2.39. The molecule has 7 heteroatoms. The van der Waals surface area contributed by atoms with Crippen LogP contribution in [0.3, 0.4) is 0 Å². The maximum Gasteiger partial charge on any atom is 0.218 e. The Kier molecular flexibility index (Phi) is 4.88. The van der Waals surface area contributed by atoms with Gasteiger partial charge in [0.05, 0.1) is 26.0 Å². The molecule has 2 fully saturated rings. The normalized spacial score (nSPS) is 21.7. The molecule has 2 aromatic heterocycles. The van der Waals surface area contributed by atoms with Gasteiger partial charge >= 0.3 is 0 Å². The van der Waals surface area contributed by atoms with Crippen molar-refractivity contribution in [2.75, 3.05) is 38.3 Å². The Bertz CT molecular complexity index is 720. The largest absolute Gasteiger partial charge is 0.489 e. The lowest BCUT2D eigenvalue weighted by molar-refractivity contribution is 0.0577. The van der Waals surface area contributed by atoms with E-state index in [4.69, 9.17) is 14.2 Å². The third-order valence-corrected chi connectivity index (χ3v) is 5.34. The van der Waals surface area contributed by atoms with E-state index in [9.17, 15) is 0 Å². The van der Waals surface area contributed by atoms with Crippen molar-refractivity contribution in [1.29, 1.82) is 0 Å². The first kappa shape index (κ1) is 17.0. The fourth-order valence-electron chi connectivity index (χ4n) is 3.80. The van der Waals surface area contributed by atoms with E-state index in [0.29, 0.717) is 12.5 Å². The van der Waals surface area contributed by atoms with Gasteiger partial charge in [0.25, 0.3) is 0 Å². The summed E-state index contributed by atoms with van der Waals surface area (Å²) in [6.45, 7) is 3.34. The van der Waals surface area contributed by atoms with Gasteiger partial charge in [-0.25, -0.2) is 9.97 Å². The second kappa shape index (κ2) is 7.45. The predicted molar refractivity (Wildman–Crippen MR) is 96.6 cm³/mol. The molecule has 2 aliphatic rings. The van der Waals surface area contributed by atoms with Crippen LogP contribution in [-0.4, -0.2) is 54.5 Å². The van der Waals surface area contributed by atoms with Crippen LogP contribution in [0.4, 0.5) is 5.82 Å². The number of nitrogens with zero attached hydrogens (tertiary/aromatic N) is 4. The summed E-state index contributed by atoms with van der Waals surface area (Å²) in [4.78, 5) is 14.8. The number of methoxy groups -OCH3 is 1. The van der Waals surface area contributed by atoms with Crippen LogP contribution in [0.15, 0.2) is 36.9 Å². The molecule has 2 aliphatic heterocycles. The van der Waals surface area contributed by atoms with Crippen LogP contribution in [0.2, 0.25) is 0 Å². The third-order valence-electron chi connectivity index (χ3n) is 5.34. The summed E-state index contributed by atoms with van der Waals surface area (Å²) in [5, 5.41) is 0. The molecule has 26 heavy (non-hydrogen) atoms. The summed E-state index contributed by atoms with van der Waals surface area (Å²) in [6, 6.07) is 5.70. The minimum atomic E-state index is 0.154. The van der Waals surface area contributed by atoms with E-state index in [-0.39, 0.29) is 11.5 Å². The zero-order valence-electron chi connectivity index (χ0n) is 15.0.